The van der Waals surface area contributed by atoms with Gasteiger partial charge in [-0.2, -0.15) is 0 Å². The molecule has 0 amide bonds. The van der Waals surface area contributed by atoms with Crippen LogP contribution in [-0.2, 0) is 6.42 Å². The summed E-state index contributed by atoms with van der Waals surface area (Å²) in [5, 5.41) is 4.01. The quantitative estimate of drug-likeness (QED) is 0.747. The molecule has 3 aromatic rings. The predicted molar refractivity (Wildman–Crippen MR) is 105 cm³/mol. The number of aromatic nitrogens is 4. The molecular formula is C21H22FN5. The summed E-state index contributed by atoms with van der Waals surface area (Å²) in [5.74, 6) is 0.479. The monoisotopic (exact) mass is 363 g/mol. The van der Waals surface area contributed by atoms with Gasteiger partial charge in [-0.05, 0) is 56.4 Å². The second kappa shape index (κ2) is 7.02. The third-order valence-electron chi connectivity index (χ3n) is 4.61. The summed E-state index contributed by atoms with van der Waals surface area (Å²) in [6.45, 7) is 3.25. The summed E-state index contributed by atoms with van der Waals surface area (Å²) in [7, 11) is 0. The Bertz CT molecular complexity index is 1010. The van der Waals surface area contributed by atoms with E-state index in [0.29, 0.717) is 5.95 Å². The summed E-state index contributed by atoms with van der Waals surface area (Å²) < 4.78 is 13.8. The fourth-order valence-electron chi connectivity index (χ4n) is 3.26. The first-order chi connectivity index (χ1) is 13.0. The maximum Gasteiger partial charge on any atom is 0.222 e. The lowest BCUT2D eigenvalue weighted by Crippen LogP contribution is -2.25. The van der Waals surface area contributed by atoms with Crippen LogP contribution in [0.5, 0.6) is 0 Å². The molecule has 0 saturated heterocycles. The zero-order valence-electron chi connectivity index (χ0n) is 15.5. The van der Waals surface area contributed by atoms with Crippen molar-refractivity contribution in [2.75, 3.05) is 11.9 Å². The van der Waals surface area contributed by atoms with Crippen LogP contribution in [0.15, 0.2) is 43.0 Å². The second-order valence-corrected chi connectivity index (χ2v) is 7.43. The highest BCUT2D eigenvalue weighted by Crippen LogP contribution is 2.31. The number of hydrogen-bond acceptors (Lipinski definition) is 5. The highest BCUT2D eigenvalue weighted by atomic mass is 19.1. The molecule has 6 heteroatoms. The number of aryl methyl sites for hydroxylation is 1. The molecule has 5 nitrogen and oxygen atoms in total. The van der Waals surface area contributed by atoms with Crippen molar-refractivity contribution in [3.63, 3.8) is 0 Å². The number of hydrogen-bond donors (Lipinski definition) is 1. The normalized spacial score (nSPS) is 14.4. The fourth-order valence-corrected chi connectivity index (χ4v) is 3.26. The SMILES string of the molecule is CC(C)(F)CNc1ncc2c(n1)CCCC=C2c1ccc2ncncc2c1. The van der Waals surface area contributed by atoms with Crippen LogP contribution in [0, 0.1) is 0 Å². The average molecular weight is 363 g/mol. The molecule has 27 heavy (non-hydrogen) atoms. The van der Waals surface area contributed by atoms with Crippen LogP contribution in [0.1, 0.15) is 43.5 Å². The molecule has 0 bridgehead atoms. The van der Waals surface area contributed by atoms with Crippen molar-refractivity contribution in [2.45, 2.75) is 38.8 Å². The third-order valence-corrected chi connectivity index (χ3v) is 4.61. The molecule has 0 unspecified atom stereocenters. The molecular weight excluding hydrogens is 341 g/mol. The van der Waals surface area contributed by atoms with Gasteiger partial charge in [0.25, 0.3) is 0 Å². The Morgan fingerprint density at radius 3 is 2.93 bits per heavy atom. The van der Waals surface area contributed by atoms with Crippen LogP contribution in [-0.4, -0.2) is 32.1 Å². The number of nitrogens with one attached hydrogen (secondary N) is 1. The van der Waals surface area contributed by atoms with Crippen LogP contribution >= 0.6 is 0 Å². The number of fused-ring (bicyclic) bond motifs is 2. The number of rotatable bonds is 4. The standard InChI is InChI=1S/C21H22FN5/c1-21(2,22)12-25-20-24-11-17-16(5-3-4-6-19(17)27-20)14-7-8-18-15(9-14)10-23-13-26-18/h5,7-11,13H,3-4,6,12H2,1-2H3,(H,24,25,27). The molecule has 1 aliphatic rings. The van der Waals surface area contributed by atoms with Crippen molar-refractivity contribution < 1.29 is 4.39 Å². The van der Waals surface area contributed by atoms with E-state index in [1.54, 1.807) is 6.33 Å². The van der Waals surface area contributed by atoms with Gasteiger partial charge in [-0.25, -0.2) is 24.3 Å². The molecule has 0 saturated carbocycles. The number of alkyl halides is 1. The summed E-state index contributed by atoms with van der Waals surface area (Å²) in [6, 6.07) is 6.19. The number of allylic oxidation sites excluding steroid dienone is 1. The van der Waals surface area contributed by atoms with Gasteiger partial charge in [0, 0.05) is 23.3 Å². The Labute approximate surface area is 157 Å². The van der Waals surface area contributed by atoms with Crippen LogP contribution in [0.3, 0.4) is 0 Å². The van der Waals surface area contributed by atoms with Gasteiger partial charge in [0.15, 0.2) is 0 Å². The molecule has 0 atom stereocenters. The first-order valence-corrected chi connectivity index (χ1v) is 9.19. The molecule has 2 heterocycles. The molecule has 2 aromatic heterocycles. The smallest absolute Gasteiger partial charge is 0.222 e. The Hall–Kier alpha value is -2.89. The van der Waals surface area contributed by atoms with Gasteiger partial charge in [0.05, 0.1) is 17.8 Å². The summed E-state index contributed by atoms with van der Waals surface area (Å²) in [5.41, 5.74) is 3.88. The Kier molecular flexibility index (Phi) is 4.56. The topological polar surface area (TPSA) is 63.6 Å². The van der Waals surface area contributed by atoms with E-state index in [0.717, 1.165) is 52.6 Å². The van der Waals surface area contributed by atoms with E-state index in [-0.39, 0.29) is 6.54 Å². The molecule has 0 radical (unpaired) electrons. The number of nitrogens with zero attached hydrogens (tertiary/aromatic N) is 4. The van der Waals surface area contributed by atoms with E-state index in [4.69, 9.17) is 0 Å². The van der Waals surface area contributed by atoms with E-state index in [9.17, 15) is 4.39 Å². The minimum absolute atomic E-state index is 0.180. The van der Waals surface area contributed by atoms with E-state index in [1.807, 2.05) is 18.5 Å². The summed E-state index contributed by atoms with van der Waals surface area (Å²) >= 11 is 0. The predicted octanol–water partition coefficient (Wildman–Crippen LogP) is 4.35. The lowest BCUT2D eigenvalue weighted by molar-refractivity contribution is 0.234. The van der Waals surface area contributed by atoms with Crippen LogP contribution < -0.4 is 5.32 Å². The Morgan fingerprint density at radius 2 is 2.07 bits per heavy atom. The largest absolute Gasteiger partial charge is 0.351 e. The van der Waals surface area contributed by atoms with Gasteiger partial charge < -0.3 is 5.32 Å². The van der Waals surface area contributed by atoms with E-state index in [1.165, 1.54) is 13.8 Å². The minimum atomic E-state index is -1.31. The average Bonchev–Trinajstić information content (AvgIpc) is 2.87. The van der Waals surface area contributed by atoms with Gasteiger partial charge in [-0.15, -0.1) is 0 Å². The first kappa shape index (κ1) is 17.5. The maximum atomic E-state index is 13.8. The molecule has 0 aliphatic heterocycles. The fraction of sp³-hybridized carbons (Fsp3) is 0.333. The minimum Gasteiger partial charge on any atom is -0.351 e. The molecule has 1 aromatic carbocycles. The molecule has 4 rings (SSSR count). The van der Waals surface area contributed by atoms with Crippen LogP contribution in [0.25, 0.3) is 16.5 Å². The van der Waals surface area contributed by atoms with E-state index < -0.39 is 5.67 Å². The van der Waals surface area contributed by atoms with Crippen molar-refractivity contribution in [2.24, 2.45) is 0 Å². The zero-order valence-corrected chi connectivity index (χ0v) is 15.5. The van der Waals surface area contributed by atoms with Gasteiger partial charge in [-0.3, -0.25) is 0 Å². The van der Waals surface area contributed by atoms with Crippen LogP contribution in [0.2, 0.25) is 0 Å². The van der Waals surface area contributed by atoms with Gasteiger partial charge in [0.1, 0.15) is 12.0 Å². The number of anilines is 1. The number of benzene rings is 1. The van der Waals surface area contributed by atoms with E-state index in [2.05, 4.69) is 43.5 Å². The van der Waals surface area contributed by atoms with Crippen molar-refractivity contribution >= 4 is 22.4 Å². The maximum absolute atomic E-state index is 13.8. The third kappa shape index (κ3) is 3.94. The molecule has 1 N–H and O–H groups in total. The van der Waals surface area contributed by atoms with Gasteiger partial charge in [0.2, 0.25) is 5.95 Å². The summed E-state index contributed by atoms with van der Waals surface area (Å²) in [6.07, 6.45) is 10.4. The summed E-state index contributed by atoms with van der Waals surface area (Å²) in [4.78, 5) is 17.5. The molecule has 1 aliphatic carbocycles. The van der Waals surface area contributed by atoms with Crippen LogP contribution in [0.4, 0.5) is 10.3 Å². The second-order valence-electron chi connectivity index (χ2n) is 7.43. The van der Waals surface area contributed by atoms with E-state index >= 15 is 0 Å². The van der Waals surface area contributed by atoms with Crippen molar-refractivity contribution in [1.82, 2.24) is 19.9 Å². The van der Waals surface area contributed by atoms with Crippen molar-refractivity contribution in [3.05, 3.63) is 59.8 Å². The van der Waals surface area contributed by atoms with Gasteiger partial charge in [-0.1, -0.05) is 12.1 Å². The first-order valence-electron chi connectivity index (χ1n) is 9.19. The zero-order chi connectivity index (χ0) is 18.9. The Balaban J connectivity index is 1.70. The Morgan fingerprint density at radius 1 is 1.19 bits per heavy atom. The highest BCUT2D eigenvalue weighted by Gasteiger charge is 2.18. The highest BCUT2D eigenvalue weighted by molar-refractivity contribution is 5.87. The van der Waals surface area contributed by atoms with Gasteiger partial charge >= 0.3 is 0 Å². The number of halogens is 1. The van der Waals surface area contributed by atoms with Crippen molar-refractivity contribution in [3.8, 4) is 0 Å². The lowest BCUT2D eigenvalue weighted by Gasteiger charge is -2.16. The molecule has 0 fully saturated rings. The lowest BCUT2D eigenvalue weighted by atomic mass is 9.97. The molecule has 0 spiro atoms. The molecule has 138 valence electrons. The van der Waals surface area contributed by atoms with Crippen molar-refractivity contribution in [1.29, 1.82) is 0 Å².